The second kappa shape index (κ2) is 6.37. The van der Waals surface area contributed by atoms with Crippen molar-refractivity contribution < 1.29 is 9.59 Å². The van der Waals surface area contributed by atoms with Crippen LogP contribution in [0, 0.1) is 0 Å². The normalized spacial score (nSPS) is 19.2. The number of hydrogen-bond acceptors (Lipinski definition) is 4. The number of aromatic nitrogens is 1. The molecule has 1 fully saturated rings. The minimum Gasteiger partial charge on any atom is -0.324 e. The van der Waals surface area contributed by atoms with E-state index in [1.54, 1.807) is 24.0 Å². The molecule has 1 N–H and O–H groups in total. The van der Waals surface area contributed by atoms with Crippen molar-refractivity contribution in [3.8, 4) is 0 Å². The number of fused-ring (bicyclic) bond motifs is 1. The first-order chi connectivity index (χ1) is 12.5. The monoisotopic (exact) mass is 385 g/mol. The van der Waals surface area contributed by atoms with Crippen LogP contribution in [-0.2, 0) is 4.79 Å². The van der Waals surface area contributed by atoms with Crippen LogP contribution in [0.4, 0.5) is 5.69 Å². The Morgan fingerprint density at radius 3 is 2.77 bits per heavy atom. The second-order valence-corrected chi connectivity index (χ2v) is 7.75. The van der Waals surface area contributed by atoms with E-state index >= 15 is 0 Å². The van der Waals surface area contributed by atoms with Gasteiger partial charge in [-0.2, -0.15) is 0 Å². The van der Waals surface area contributed by atoms with E-state index in [9.17, 15) is 9.59 Å². The van der Waals surface area contributed by atoms with Crippen LogP contribution in [0.25, 0.3) is 10.1 Å². The molecule has 5 nitrogen and oxygen atoms in total. The molecule has 1 saturated heterocycles. The molecule has 3 aromatic rings. The number of hydrogen-bond donors (Lipinski definition) is 1. The summed E-state index contributed by atoms with van der Waals surface area (Å²) in [5.41, 5.74) is 0.332. The van der Waals surface area contributed by atoms with E-state index in [0.29, 0.717) is 29.4 Å². The summed E-state index contributed by atoms with van der Waals surface area (Å²) in [4.78, 5) is 31.4. The highest BCUT2D eigenvalue weighted by Crippen LogP contribution is 2.36. The molecule has 3 heterocycles. The number of likely N-dealkylation sites (tertiary alicyclic amines) is 1. The number of thiophene rings is 1. The molecule has 7 heteroatoms. The Labute approximate surface area is 159 Å². The fourth-order valence-corrected chi connectivity index (χ4v) is 4.17. The first-order valence-electron chi connectivity index (χ1n) is 8.20. The van der Waals surface area contributed by atoms with Gasteiger partial charge in [-0.15, -0.1) is 11.3 Å². The molecule has 1 aliphatic rings. The molecular formula is C19H16ClN3O2S. The van der Waals surface area contributed by atoms with Gasteiger partial charge in [-0.05, 0) is 31.5 Å². The van der Waals surface area contributed by atoms with Gasteiger partial charge in [0.05, 0.1) is 17.4 Å². The number of carbonyl (C=O) groups is 2. The van der Waals surface area contributed by atoms with E-state index < -0.39 is 5.54 Å². The molecule has 132 valence electrons. The lowest BCUT2D eigenvalue weighted by Gasteiger charge is -2.49. The SMILES string of the molecule is CC1(C(=O)Nc2ccc(Cl)nc2)CCN1C(=O)c1csc2ccccc12. The van der Waals surface area contributed by atoms with Gasteiger partial charge in [0, 0.05) is 22.0 Å². The van der Waals surface area contributed by atoms with Crippen molar-refractivity contribution in [1.29, 1.82) is 0 Å². The number of benzene rings is 1. The van der Waals surface area contributed by atoms with Crippen LogP contribution in [0.3, 0.4) is 0 Å². The number of nitrogens with one attached hydrogen (secondary N) is 1. The zero-order valence-corrected chi connectivity index (χ0v) is 15.6. The minimum absolute atomic E-state index is 0.111. The minimum atomic E-state index is -0.875. The van der Waals surface area contributed by atoms with E-state index in [1.807, 2.05) is 29.6 Å². The summed E-state index contributed by atoms with van der Waals surface area (Å²) in [6, 6.07) is 11.1. The van der Waals surface area contributed by atoms with Crippen LogP contribution >= 0.6 is 22.9 Å². The van der Waals surface area contributed by atoms with E-state index in [1.165, 1.54) is 17.5 Å². The van der Waals surface area contributed by atoms with Gasteiger partial charge in [-0.1, -0.05) is 29.8 Å². The number of carbonyl (C=O) groups excluding carboxylic acids is 2. The molecule has 2 amide bonds. The van der Waals surface area contributed by atoms with Crippen LogP contribution in [0.15, 0.2) is 48.0 Å². The van der Waals surface area contributed by atoms with Crippen molar-refractivity contribution in [2.75, 3.05) is 11.9 Å². The summed E-state index contributed by atoms with van der Waals surface area (Å²) < 4.78 is 1.06. The summed E-state index contributed by atoms with van der Waals surface area (Å²) in [5.74, 6) is -0.332. The molecule has 1 atom stereocenters. The lowest BCUT2D eigenvalue weighted by molar-refractivity contribution is -0.132. The van der Waals surface area contributed by atoms with Gasteiger partial charge in [0.15, 0.2) is 0 Å². The van der Waals surface area contributed by atoms with Gasteiger partial charge in [0.25, 0.3) is 5.91 Å². The van der Waals surface area contributed by atoms with E-state index in [4.69, 9.17) is 11.6 Å². The standard InChI is InChI=1S/C19H16ClN3O2S/c1-19(18(25)22-12-6-7-16(20)21-10-12)8-9-23(19)17(24)14-11-26-15-5-3-2-4-13(14)15/h2-7,10-11H,8-9H2,1H3,(H,22,25). The summed E-state index contributed by atoms with van der Waals surface area (Å²) in [6.07, 6.45) is 2.12. The molecule has 1 unspecified atom stereocenters. The summed E-state index contributed by atoms with van der Waals surface area (Å²) in [6.45, 7) is 2.35. The predicted molar refractivity (Wildman–Crippen MR) is 104 cm³/mol. The fourth-order valence-electron chi connectivity index (χ4n) is 3.13. The lowest BCUT2D eigenvalue weighted by atomic mass is 9.84. The Bertz CT molecular complexity index is 1000. The number of amides is 2. The lowest BCUT2D eigenvalue weighted by Crippen LogP contribution is -2.66. The van der Waals surface area contributed by atoms with Gasteiger partial charge in [0.1, 0.15) is 10.7 Å². The van der Waals surface area contributed by atoms with Crippen LogP contribution < -0.4 is 5.32 Å². The summed E-state index contributed by atoms with van der Waals surface area (Å²) >= 11 is 7.31. The highest BCUT2D eigenvalue weighted by Gasteiger charge is 2.49. The Hall–Kier alpha value is -2.44. The zero-order chi connectivity index (χ0) is 18.3. The summed E-state index contributed by atoms with van der Waals surface area (Å²) in [7, 11) is 0. The quantitative estimate of drug-likeness (QED) is 0.687. The average molecular weight is 386 g/mol. The topological polar surface area (TPSA) is 62.3 Å². The van der Waals surface area contributed by atoms with Crippen LogP contribution in [0.5, 0.6) is 0 Å². The fraction of sp³-hybridized carbons (Fsp3) is 0.211. The third-order valence-electron chi connectivity index (χ3n) is 4.85. The maximum atomic E-state index is 13.0. The maximum Gasteiger partial charge on any atom is 0.256 e. The molecule has 2 aromatic heterocycles. The van der Waals surface area contributed by atoms with Crippen molar-refractivity contribution in [1.82, 2.24) is 9.88 Å². The van der Waals surface area contributed by atoms with Crippen LogP contribution in [0.2, 0.25) is 5.15 Å². The predicted octanol–water partition coefficient (Wildman–Crippen LogP) is 4.19. The molecule has 1 aromatic carbocycles. The average Bonchev–Trinajstić information content (AvgIpc) is 3.06. The van der Waals surface area contributed by atoms with Gasteiger partial charge < -0.3 is 10.2 Å². The number of rotatable bonds is 3. The molecular weight excluding hydrogens is 370 g/mol. The number of pyridine rings is 1. The smallest absolute Gasteiger partial charge is 0.256 e. The number of halogens is 1. The second-order valence-electron chi connectivity index (χ2n) is 6.45. The largest absolute Gasteiger partial charge is 0.324 e. The zero-order valence-electron chi connectivity index (χ0n) is 14.0. The van der Waals surface area contributed by atoms with E-state index in [-0.39, 0.29) is 11.8 Å². The van der Waals surface area contributed by atoms with Crippen LogP contribution in [-0.4, -0.2) is 33.8 Å². The molecule has 4 rings (SSSR count). The van der Waals surface area contributed by atoms with Crippen molar-refractivity contribution >= 4 is 50.5 Å². The Morgan fingerprint density at radius 2 is 2.08 bits per heavy atom. The molecule has 0 radical (unpaired) electrons. The number of anilines is 1. The van der Waals surface area contributed by atoms with Crippen molar-refractivity contribution in [2.45, 2.75) is 18.9 Å². The van der Waals surface area contributed by atoms with Crippen molar-refractivity contribution in [3.63, 3.8) is 0 Å². The van der Waals surface area contributed by atoms with Gasteiger partial charge in [-0.25, -0.2) is 4.98 Å². The molecule has 26 heavy (non-hydrogen) atoms. The highest BCUT2D eigenvalue weighted by atomic mass is 35.5. The van der Waals surface area contributed by atoms with E-state index in [0.717, 1.165) is 10.1 Å². The van der Waals surface area contributed by atoms with Crippen molar-refractivity contribution in [2.24, 2.45) is 0 Å². The highest BCUT2D eigenvalue weighted by molar-refractivity contribution is 7.17. The van der Waals surface area contributed by atoms with Gasteiger partial charge in [-0.3, -0.25) is 9.59 Å². The molecule has 0 aliphatic carbocycles. The van der Waals surface area contributed by atoms with Crippen molar-refractivity contribution in [3.05, 3.63) is 58.7 Å². The molecule has 0 saturated carbocycles. The first-order valence-corrected chi connectivity index (χ1v) is 9.46. The third kappa shape index (κ3) is 2.75. The Balaban J connectivity index is 1.56. The molecule has 1 aliphatic heterocycles. The van der Waals surface area contributed by atoms with Gasteiger partial charge >= 0.3 is 0 Å². The first kappa shape index (κ1) is 17.0. The summed E-state index contributed by atoms with van der Waals surface area (Å²) in [5, 5.41) is 5.99. The van der Waals surface area contributed by atoms with Gasteiger partial charge in [0.2, 0.25) is 5.91 Å². The van der Waals surface area contributed by atoms with Crippen LogP contribution in [0.1, 0.15) is 23.7 Å². The Morgan fingerprint density at radius 1 is 1.27 bits per heavy atom. The van der Waals surface area contributed by atoms with E-state index in [2.05, 4.69) is 10.3 Å². The third-order valence-corrected chi connectivity index (χ3v) is 6.04. The Kier molecular flexibility index (Phi) is 4.17. The maximum absolute atomic E-state index is 13.0. The molecule has 0 spiro atoms. The number of nitrogens with zero attached hydrogens (tertiary/aromatic N) is 2. The molecule has 0 bridgehead atoms.